The zero-order valence-electron chi connectivity index (χ0n) is 9.67. The van der Waals surface area contributed by atoms with Crippen LogP contribution in [0.25, 0.3) is 11.4 Å². The molecule has 1 heterocycles. The predicted molar refractivity (Wildman–Crippen MR) is 66.4 cm³/mol. The topological polar surface area (TPSA) is 29.9 Å². The summed E-state index contributed by atoms with van der Waals surface area (Å²) in [5, 5.41) is 3.47. The minimum absolute atomic E-state index is 0.281. The molecule has 17 heavy (non-hydrogen) atoms. The zero-order valence-corrected chi connectivity index (χ0v) is 10.4. The van der Waals surface area contributed by atoms with Crippen LogP contribution in [0.3, 0.4) is 0 Å². The number of halogens is 2. The molecular formula is C12H13ClFN3. The van der Waals surface area contributed by atoms with Crippen molar-refractivity contribution in [2.24, 2.45) is 7.05 Å². The number of nitrogens with zero attached hydrogens (tertiary/aromatic N) is 2. The first-order chi connectivity index (χ1) is 8.13. The van der Waals surface area contributed by atoms with Gasteiger partial charge in [0.25, 0.3) is 0 Å². The molecule has 0 aliphatic carbocycles. The van der Waals surface area contributed by atoms with Crippen molar-refractivity contribution < 1.29 is 4.39 Å². The van der Waals surface area contributed by atoms with E-state index in [1.807, 2.05) is 24.7 Å². The Morgan fingerprint density at radius 2 is 2.24 bits per heavy atom. The highest BCUT2D eigenvalue weighted by Crippen LogP contribution is 2.24. The van der Waals surface area contributed by atoms with E-state index in [4.69, 9.17) is 11.6 Å². The second-order valence-electron chi connectivity index (χ2n) is 3.77. The molecule has 0 saturated heterocycles. The first kappa shape index (κ1) is 12.1. The molecule has 3 nitrogen and oxygen atoms in total. The molecule has 0 amide bonds. The lowest BCUT2D eigenvalue weighted by Gasteiger charge is -2.05. The van der Waals surface area contributed by atoms with Gasteiger partial charge < -0.3 is 9.88 Å². The Morgan fingerprint density at radius 3 is 2.88 bits per heavy atom. The quantitative estimate of drug-likeness (QED) is 0.911. The molecule has 1 aromatic carbocycles. The van der Waals surface area contributed by atoms with Crippen molar-refractivity contribution in [1.29, 1.82) is 0 Å². The summed E-state index contributed by atoms with van der Waals surface area (Å²) < 4.78 is 15.0. The minimum atomic E-state index is -0.281. The molecular weight excluding hydrogens is 241 g/mol. The molecule has 5 heteroatoms. The fraction of sp³-hybridized carbons (Fsp3) is 0.250. The predicted octanol–water partition coefficient (Wildman–Crippen LogP) is 2.60. The van der Waals surface area contributed by atoms with E-state index >= 15 is 0 Å². The molecule has 90 valence electrons. The van der Waals surface area contributed by atoms with Gasteiger partial charge in [0.05, 0.1) is 5.69 Å². The molecule has 0 radical (unpaired) electrons. The molecule has 1 aromatic heterocycles. The highest BCUT2D eigenvalue weighted by Gasteiger charge is 2.13. The highest BCUT2D eigenvalue weighted by molar-refractivity contribution is 6.30. The number of aromatic nitrogens is 2. The largest absolute Gasteiger partial charge is 0.329 e. The normalized spacial score (nSPS) is 10.8. The van der Waals surface area contributed by atoms with Crippen molar-refractivity contribution in [3.63, 3.8) is 0 Å². The third-order valence-electron chi connectivity index (χ3n) is 2.59. The molecule has 2 aromatic rings. The molecule has 0 aliphatic heterocycles. The number of hydrogen-bond acceptors (Lipinski definition) is 2. The summed E-state index contributed by atoms with van der Waals surface area (Å²) in [7, 11) is 3.71. The van der Waals surface area contributed by atoms with Gasteiger partial charge in [-0.3, -0.25) is 0 Å². The number of hydrogen-bond donors (Lipinski definition) is 1. The molecule has 0 saturated carbocycles. The van der Waals surface area contributed by atoms with Crippen LogP contribution < -0.4 is 5.32 Å². The van der Waals surface area contributed by atoms with Crippen LogP contribution in [0.1, 0.15) is 5.69 Å². The number of nitrogens with one attached hydrogen (secondary N) is 1. The SMILES string of the molecule is CNCc1c(Cl)nc(-c2cccc(F)c2)n1C. The molecule has 0 spiro atoms. The van der Waals surface area contributed by atoms with Crippen LogP contribution >= 0.6 is 11.6 Å². The van der Waals surface area contributed by atoms with Gasteiger partial charge in [-0.05, 0) is 19.2 Å². The second kappa shape index (κ2) is 4.85. The minimum Gasteiger partial charge on any atom is -0.329 e. The molecule has 0 atom stereocenters. The summed E-state index contributed by atoms with van der Waals surface area (Å²) >= 11 is 6.05. The third kappa shape index (κ3) is 2.33. The summed E-state index contributed by atoms with van der Waals surface area (Å²) in [5.74, 6) is 0.386. The van der Waals surface area contributed by atoms with Crippen LogP contribution in [0.2, 0.25) is 5.15 Å². The summed E-state index contributed by atoms with van der Waals surface area (Å²) in [6.45, 7) is 0.623. The first-order valence-electron chi connectivity index (χ1n) is 5.25. The summed E-state index contributed by atoms with van der Waals surface area (Å²) in [5.41, 5.74) is 1.60. The fourth-order valence-corrected chi connectivity index (χ4v) is 2.02. The van der Waals surface area contributed by atoms with Gasteiger partial charge in [-0.2, -0.15) is 0 Å². The summed E-state index contributed by atoms with van der Waals surface area (Å²) in [6, 6.07) is 6.32. The van der Waals surface area contributed by atoms with Gasteiger partial charge in [0, 0.05) is 19.2 Å². The maximum atomic E-state index is 13.2. The van der Waals surface area contributed by atoms with E-state index in [-0.39, 0.29) is 5.82 Å². The van der Waals surface area contributed by atoms with E-state index in [1.165, 1.54) is 12.1 Å². The molecule has 0 unspecified atom stereocenters. The zero-order chi connectivity index (χ0) is 12.4. The summed E-state index contributed by atoms with van der Waals surface area (Å²) in [4.78, 5) is 4.26. The Hall–Kier alpha value is -1.39. The monoisotopic (exact) mass is 253 g/mol. The van der Waals surface area contributed by atoms with Crippen molar-refractivity contribution in [2.75, 3.05) is 7.05 Å². The van der Waals surface area contributed by atoms with Gasteiger partial charge in [-0.15, -0.1) is 0 Å². The smallest absolute Gasteiger partial charge is 0.152 e. The van der Waals surface area contributed by atoms with E-state index in [0.29, 0.717) is 17.5 Å². The van der Waals surface area contributed by atoms with Crippen molar-refractivity contribution in [1.82, 2.24) is 14.9 Å². The van der Waals surface area contributed by atoms with Crippen molar-refractivity contribution >= 4 is 11.6 Å². The van der Waals surface area contributed by atoms with E-state index in [0.717, 1.165) is 11.3 Å². The lowest BCUT2D eigenvalue weighted by Crippen LogP contribution is -2.10. The van der Waals surface area contributed by atoms with Gasteiger partial charge in [0.2, 0.25) is 0 Å². The van der Waals surface area contributed by atoms with Gasteiger partial charge in [-0.1, -0.05) is 23.7 Å². The van der Waals surface area contributed by atoms with Crippen LogP contribution in [-0.2, 0) is 13.6 Å². The Bertz CT molecular complexity index is 537. The lowest BCUT2D eigenvalue weighted by molar-refractivity contribution is 0.628. The maximum Gasteiger partial charge on any atom is 0.152 e. The Kier molecular flexibility index (Phi) is 3.45. The van der Waals surface area contributed by atoms with Crippen molar-refractivity contribution in [3.8, 4) is 11.4 Å². The summed E-state index contributed by atoms with van der Waals surface area (Å²) in [6.07, 6.45) is 0. The number of imidazole rings is 1. The number of rotatable bonds is 3. The molecule has 0 aliphatic rings. The van der Waals surface area contributed by atoms with E-state index < -0.39 is 0 Å². The van der Waals surface area contributed by atoms with Crippen LogP contribution in [0.4, 0.5) is 4.39 Å². The van der Waals surface area contributed by atoms with E-state index in [1.54, 1.807) is 6.07 Å². The van der Waals surface area contributed by atoms with Gasteiger partial charge in [-0.25, -0.2) is 9.37 Å². The molecule has 0 fully saturated rings. The Morgan fingerprint density at radius 1 is 1.47 bits per heavy atom. The van der Waals surface area contributed by atoms with Gasteiger partial charge >= 0.3 is 0 Å². The molecule has 1 N–H and O–H groups in total. The van der Waals surface area contributed by atoms with Crippen LogP contribution in [-0.4, -0.2) is 16.6 Å². The molecule has 0 bridgehead atoms. The standard InChI is InChI=1S/C12H13ClFN3/c1-15-7-10-11(13)16-12(17(10)2)8-4-3-5-9(14)6-8/h3-6,15H,7H2,1-2H3. The highest BCUT2D eigenvalue weighted by atomic mass is 35.5. The van der Waals surface area contributed by atoms with Crippen LogP contribution in [0.5, 0.6) is 0 Å². The van der Waals surface area contributed by atoms with E-state index in [2.05, 4.69) is 10.3 Å². The Labute approximate surface area is 104 Å². The van der Waals surface area contributed by atoms with Gasteiger partial charge in [0.15, 0.2) is 5.15 Å². The maximum absolute atomic E-state index is 13.2. The Balaban J connectivity index is 2.50. The average Bonchev–Trinajstić information content (AvgIpc) is 2.57. The van der Waals surface area contributed by atoms with Crippen molar-refractivity contribution in [3.05, 3.63) is 40.9 Å². The first-order valence-corrected chi connectivity index (χ1v) is 5.63. The van der Waals surface area contributed by atoms with E-state index in [9.17, 15) is 4.39 Å². The average molecular weight is 254 g/mol. The van der Waals surface area contributed by atoms with Crippen LogP contribution in [0.15, 0.2) is 24.3 Å². The fourth-order valence-electron chi connectivity index (χ4n) is 1.74. The van der Waals surface area contributed by atoms with Crippen LogP contribution in [0, 0.1) is 5.82 Å². The molecule has 2 rings (SSSR count). The third-order valence-corrected chi connectivity index (χ3v) is 2.89. The lowest BCUT2D eigenvalue weighted by atomic mass is 10.2. The van der Waals surface area contributed by atoms with Gasteiger partial charge in [0.1, 0.15) is 11.6 Å². The number of benzene rings is 1. The van der Waals surface area contributed by atoms with Crippen molar-refractivity contribution in [2.45, 2.75) is 6.54 Å². The second-order valence-corrected chi connectivity index (χ2v) is 4.13.